The maximum Gasteiger partial charge on any atom is 0.345 e. The number of rotatable bonds is 4. The van der Waals surface area contributed by atoms with Crippen molar-refractivity contribution >= 4 is 34.0 Å². The molecule has 0 radical (unpaired) electrons. The molecule has 1 amide bonds. The van der Waals surface area contributed by atoms with Crippen molar-refractivity contribution in [2.75, 3.05) is 24.3 Å². The van der Waals surface area contributed by atoms with Gasteiger partial charge in [-0.3, -0.25) is 4.79 Å². The number of thiophene rings is 1. The van der Waals surface area contributed by atoms with E-state index in [1.54, 1.807) is 18.2 Å². The summed E-state index contributed by atoms with van der Waals surface area (Å²) in [5.74, 6) is -0.570. The van der Waals surface area contributed by atoms with E-state index >= 15 is 0 Å². The fourth-order valence-corrected chi connectivity index (χ4v) is 2.23. The Balaban J connectivity index is 2.09. The van der Waals surface area contributed by atoms with E-state index in [2.05, 4.69) is 10.3 Å². The summed E-state index contributed by atoms with van der Waals surface area (Å²) in [6, 6.07) is 6.43. The van der Waals surface area contributed by atoms with Crippen molar-refractivity contribution in [1.29, 1.82) is 0 Å². The Morgan fingerprint density at radius 1 is 1.25 bits per heavy atom. The number of aromatic carboxylic acids is 1. The van der Waals surface area contributed by atoms with E-state index in [1.165, 1.54) is 12.3 Å². The zero-order valence-corrected chi connectivity index (χ0v) is 11.8. The van der Waals surface area contributed by atoms with E-state index in [-0.39, 0.29) is 10.8 Å². The molecule has 2 N–H and O–H groups in total. The maximum absolute atomic E-state index is 12.0. The van der Waals surface area contributed by atoms with Gasteiger partial charge in [-0.25, -0.2) is 9.78 Å². The summed E-state index contributed by atoms with van der Waals surface area (Å²) in [5.41, 5.74) is 0.417. The molecular formula is C13H13N3O3S. The molecule has 20 heavy (non-hydrogen) atoms. The van der Waals surface area contributed by atoms with E-state index < -0.39 is 5.97 Å². The van der Waals surface area contributed by atoms with Crippen LogP contribution in [0.4, 0.5) is 10.8 Å². The van der Waals surface area contributed by atoms with Crippen molar-refractivity contribution in [2.45, 2.75) is 0 Å². The highest BCUT2D eigenvalue weighted by Crippen LogP contribution is 2.22. The molecule has 0 aromatic carbocycles. The monoisotopic (exact) mass is 291 g/mol. The van der Waals surface area contributed by atoms with Crippen LogP contribution in [-0.4, -0.2) is 36.1 Å². The van der Waals surface area contributed by atoms with Crippen LogP contribution >= 0.6 is 11.3 Å². The Bertz CT molecular complexity index is 635. The number of aromatic nitrogens is 1. The summed E-state index contributed by atoms with van der Waals surface area (Å²) in [4.78, 5) is 28.9. The Morgan fingerprint density at radius 2 is 2.00 bits per heavy atom. The van der Waals surface area contributed by atoms with Crippen LogP contribution in [0.5, 0.6) is 0 Å². The zero-order chi connectivity index (χ0) is 14.7. The van der Waals surface area contributed by atoms with Gasteiger partial charge in [0.25, 0.3) is 5.91 Å². The van der Waals surface area contributed by atoms with E-state index in [1.807, 2.05) is 19.0 Å². The van der Waals surface area contributed by atoms with Crippen LogP contribution < -0.4 is 10.2 Å². The Hall–Kier alpha value is -2.41. The quantitative estimate of drug-likeness (QED) is 0.902. The van der Waals surface area contributed by atoms with E-state index in [4.69, 9.17) is 5.11 Å². The lowest BCUT2D eigenvalue weighted by atomic mass is 10.2. The van der Waals surface area contributed by atoms with Crippen LogP contribution in [0.25, 0.3) is 0 Å². The minimum absolute atomic E-state index is 0.182. The number of carbonyl (C=O) groups excluding carboxylic acids is 1. The number of anilines is 2. The third-order valence-electron chi connectivity index (χ3n) is 2.52. The molecule has 2 aromatic rings. The van der Waals surface area contributed by atoms with Crippen LogP contribution in [0, 0.1) is 0 Å². The first-order chi connectivity index (χ1) is 9.47. The minimum Gasteiger partial charge on any atom is -0.477 e. The third kappa shape index (κ3) is 3.12. The van der Waals surface area contributed by atoms with E-state index in [9.17, 15) is 9.59 Å². The average molecular weight is 291 g/mol. The van der Waals surface area contributed by atoms with Gasteiger partial charge in [-0.15, -0.1) is 11.3 Å². The summed E-state index contributed by atoms with van der Waals surface area (Å²) < 4.78 is 0. The first kappa shape index (κ1) is 14.0. The molecule has 104 valence electrons. The van der Waals surface area contributed by atoms with Gasteiger partial charge in [0.1, 0.15) is 10.7 Å². The Kier molecular flexibility index (Phi) is 3.99. The molecule has 2 aromatic heterocycles. The second-order valence-electron chi connectivity index (χ2n) is 4.22. The van der Waals surface area contributed by atoms with Crippen molar-refractivity contribution in [3.8, 4) is 0 Å². The fourth-order valence-electron chi connectivity index (χ4n) is 1.49. The van der Waals surface area contributed by atoms with Gasteiger partial charge in [-0.2, -0.15) is 0 Å². The molecule has 0 atom stereocenters. The summed E-state index contributed by atoms with van der Waals surface area (Å²) in [7, 11) is 3.72. The number of nitrogens with zero attached hydrogens (tertiary/aromatic N) is 2. The van der Waals surface area contributed by atoms with Gasteiger partial charge in [0.05, 0.1) is 10.6 Å². The lowest BCUT2D eigenvalue weighted by Crippen LogP contribution is -2.14. The topological polar surface area (TPSA) is 82.5 Å². The molecule has 0 aliphatic heterocycles. The predicted molar refractivity (Wildman–Crippen MR) is 77.8 cm³/mol. The molecular weight excluding hydrogens is 278 g/mol. The average Bonchev–Trinajstić information content (AvgIpc) is 2.87. The van der Waals surface area contributed by atoms with Crippen LogP contribution in [0.1, 0.15) is 20.0 Å². The number of carbonyl (C=O) groups is 2. The van der Waals surface area contributed by atoms with Gasteiger partial charge in [-0.1, -0.05) is 0 Å². The molecule has 0 spiro atoms. The highest BCUT2D eigenvalue weighted by Gasteiger charge is 2.11. The lowest BCUT2D eigenvalue weighted by Gasteiger charge is -2.10. The zero-order valence-electron chi connectivity index (χ0n) is 11.0. The number of carboxylic acid groups (broad SMARTS) is 1. The van der Waals surface area contributed by atoms with Gasteiger partial charge in [0, 0.05) is 20.3 Å². The first-order valence-electron chi connectivity index (χ1n) is 5.75. The molecule has 2 heterocycles. The summed E-state index contributed by atoms with van der Waals surface area (Å²) in [6.07, 6.45) is 1.48. The second kappa shape index (κ2) is 5.70. The number of hydrogen-bond acceptors (Lipinski definition) is 5. The number of carboxylic acids is 1. The van der Waals surface area contributed by atoms with Crippen LogP contribution in [-0.2, 0) is 0 Å². The van der Waals surface area contributed by atoms with Gasteiger partial charge in [-0.05, 0) is 24.3 Å². The number of pyridine rings is 1. The molecule has 0 saturated carbocycles. The van der Waals surface area contributed by atoms with Gasteiger partial charge in [0.15, 0.2) is 0 Å². The number of nitrogens with one attached hydrogen (secondary N) is 1. The molecule has 0 saturated heterocycles. The van der Waals surface area contributed by atoms with Gasteiger partial charge in [0.2, 0.25) is 0 Å². The second-order valence-corrected chi connectivity index (χ2v) is 5.31. The first-order valence-corrected chi connectivity index (χ1v) is 6.57. The smallest absolute Gasteiger partial charge is 0.345 e. The van der Waals surface area contributed by atoms with Crippen LogP contribution in [0.15, 0.2) is 30.5 Å². The third-order valence-corrected chi connectivity index (χ3v) is 3.51. The highest BCUT2D eigenvalue weighted by molar-refractivity contribution is 7.18. The molecule has 7 heteroatoms. The summed E-state index contributed by atoms with van der Waals surface area (Å²) in [5, 5.41) is 11.9. The molecule has 6 nitrogen and oxygen atoms in total. The molecule has 0 unspecified atom stereocenters. The van der Waals surface area contributed by atoms with Crippen molar-refractivity contribution in [2.24, 2.45) is 0 Å². The maximum atomic E-state index is 12.0. The Labute approximate surface area is 119 Å². The van der Waals surface area contributed by atoms with E-state index in [0.29, 0.717) is 10.6 Å². The largest absolute Gasteiger partial charge is 0.477 e. The fraction of sp³-hybridized carbons (Fsp3) is 0.154. The normalized spacial score (nSPS) is 10.1. The summed E-state index contributed by atoms with van der Waals surface area (Å²) >= 11 is 1.01. The molecule has 0 bridgehead atoms. The van der Waals surface area contributed by atoms with Crippen molar-refractivity contribution in [1.82, 2.24) is 4.98 Å². The SMILES string of the molecule is CN(C)c1ccc(C(=O)Nc2ccc(C(=O)O)s2)cn1. The summed E-state index contributed by atoms with van der Waals surface area (Å²) in [6.45, 7) is 0. The molecule has 0 aliphatic rings. The van der Waals surface area contributed by atoms with Gasteiger partial charge < -0.3 is 15.3 Å². The minimum atomic E-state index is -1.01. The standard InChI is InChI=1S/C13H13N3O3S/c1-16(2)10-5-3-8(7-14-10)12(17)15-11-6-4-9(20-11)13(18)19/h3-7H,1-2H3,(H,15,17)(H,18,19). The molecule has 0 fully saturated rings. The number of amides is 1. The van der Waals surface area contributed by atoms with E-state index in [0.717, 1.165) is 17.2 Å². The van der Waals surface area contributed by atoms with Crippen molar-refractivity contribution in [3.63, 3.8) is 0 Å². The van der Waals surface area contributed by atoms with Crippen molar-refractivity contribution < 1.29 is 14.7 Å². The Morgan fingerprint density at radius 3 is 2.50 bits per heavy atom. The van der Waals surface area contributed by atoms with Crippen molar-refractivity contribution in [3.05, 3.63) is 40.9 Å². The predicted octanol–water partition coefficient (Wildman–Crippen LogP) is 2.16. The van der Waals surface area contributed by atoms with Crippen LogP contribution in [0.2, 0.25) is 0 Å². The molecule has 2 rings (SSSR count). The van der Waals surface area contributed by atoms with Gasteiger partial charge >= 0.3 is 5.97 Å². The van der Waals surface area contributed by atoms with Crippen LogP contribution in [0.3, 0.4) is 0 Å². The lowest BCUT2D eigenvalue weighted by molar-refractivity contribution is 0.0702. The molecule has 0 aliphatic carbocycles. The number of hydrogen-bond donors (Lipinski definition) is 2. The highest BCUT2D eigenvalue weighted by atomic mass is 32.1.